The van der Waals surface area contributed by atoms with Gasteiger partial charge in [0.15, 0.2) is 0 Å². The second-order valence-corrected chi connectivity index (χ2v) is 4.39. The van der Waals surface area contributed by atoms with E-state index in [2.05, 4.69) is 22.3 Å². The van der Waals surface area contributed by atoms with Crippen LogP contribution in [0.2, 0.25) is 0 Å². The molecule has 0 saturated heterocycles. The van der Waals surface area contributed by atoms with Crippen molar-refractivity contribution in [2.45, 2.75) is 18.8 Å². The molecule has 1 saturated carbocycles. The number of nitrogens with zero attached hydrogens (tertiary/aromatic N) is 1. The molecule has 1 aromatic rings. The van der Waals surface area contributed by atoms with Crippen molar-refractivity contribution >= 4 is 5.97 Å². The Morgan fingerprint density at radius 1 is 1.47 bits per heavy atom. The van der Waals surface area contributed by atoms with Crippen LogP contribution in [-0.4, -0.2) is 21.3 Å². The van der Waals surface area contributed by atoms with Crippen LogP contribution in [-0.2, 0) is 0 Å². The number of rotatable bonds is 2. The van der Waals surface area contributed by atoms with Crippen molar-refractivity contribution in [3.05, 3.63) is 29.6 Å². The molecule has 0 spiro atoms. The number of carbonyl (C=O) groups is 1. The quantitative estimate of drug-likeness (QED) is 0.722. The van der Waals surface area contributed by atoms with Gasteiger partial charge in [-0.15, -0.1) is 0 Å². The molecule has 1 aromatic heterocycles. The highest BCUT2D eigenvalue weighted by Gasteiger charge is 2.39. The SMILES string of the molecule is O=C(O)c1cn[nH]c1C1CC2C=CC1C2. The molecular formula is C11H12N2O2. The van der Waals surface area contributed by atoms with Crippen molar-refractivity contribution in [2.75, 3.05) is 0 Å². The fourth-order valence-corrected chi connectivity index (χ4v) is 2.86. The summed E-state index contributed by atoms with van der Waals surface area (Å²) >= 11 is 0. The largest absolute Gasteiger partial charge is 0.478 e. The monoisotopic (exact) mass is 204 g/mol. The van der Waals surface area contributed by atoms with Gasteiger partial charge in [-0.25, -0.2) is 4.79 Å². The minimum absolute atomic E-state index is 0.327. The van der Waals surface area contributed by atoms with Crippen LogP contribution >= 0.6 is 0 Å². The molecule has 4 heteroatoms. The first-order valence-electron chi connectivity index (χ1n) is 5.20. The van der Waals surface area contributed by atoms with Gasteiger partial charge in [-0.2, -0.15) is 5.10 Å². The molecule has 2 aliphatic carbocycles. The average Bonchev–Trinajstić information content (AvgIpc) is 2.92. The van der Waals surface area contributed by atoms with E-state index in [1.165, 1.54) is 12.6 Å². The summed E-state index contributed by atoms with van der Waals surface area (Å²) in [6.07, 6.45) is 8.10. The summed E-state index contributed by atoms with van der Waals surface area (Å²) < 4.78 is 0. The van der Waals surface area contributed by atoms with Crippen molar-refractivity contribution in [3.8, 4) is 0 Å². The zero-order valence-electron chi connectivity index (χ0n) is 8.18. The first-order valence-corrected chi connectivity index (χ1v) is 5.20. The van der Waals surface area contributed by atoms with Gasteiger partial charge in [0.1, 0.15) is 5.56 Å². The zero-order chi connectivity index (χ0) is 10.4. The first kappa shape index (κ1) is 8.71. The van der Waals surface area contributed by atoms with Crippen molar-refractivity contribution in [1.82, 2.24) is 10.2 Å². The second kappa shape index (κ2) is 2.95. The standard InChI is InChI=1S/C11H12N2O2/c14-11(15)9-5-12-13-10(9)8-4-6-1-2-7(8)3-6/h1-2,5-8H,3-4H2,(H,12,13)(H,14,15). The van der Waals surface area contributed by atoms with Crippen molar-refractivity contribution in [1.29, 1.82) is 0 Å². The number of carboxylic acids is 1. The van der Waals surface area contributed by atoms with Crippen molar-refractivity contribution in [2.24, 2.45) is 11.8 Å². The van der Waals surface area contributed by atoms with E-state index in [9.17, 15) is 4.79 Å². The van der Waals surface area contributed by atoms with Gasteiger partial charge in [-0.05, 0) is 24.7 Å². The van der Waals surface area contributed by atoms with Gasteiger partial charge in [0.05, 0.1) is 11.9 Å². The van der Waals surface area contributed by atoms with Crippen molar-refractivity contribution < 1.29 is 9.90 Å². The van der Waals surface area contributed by atoms with Crippen LogP contribution in [0.3, 0.4) is 0 Å². The summed E-state index contributed by atoms with van der Waals surface area (Å²) in [5.41, 5.74) is 1.14. The lowest BCUT2D eigenvalue weighted by molar-refractivity contribution is 0.0695. The second-order valence-electron chi connectivity index (χ2n) is 4.39. The number of aromatic nitrogens is 2. The molecule has 2 N–H and O–H groups in total. The maximum absolute atomic E-state index is 11.0. The van der Waals surface area contributed by atoms with E-state index in [0.717, 1.165) is 12.1 Å². The fraction of sp³-hybridized carbons (Fsp3) is 0.455. The summed E-state index contributed by atoms with van der Waals surface area (Å²) in [6.45, 7) is 0. The normalized spacial score (nSPS) is 32.4. The predicted molar refractivity (Wildman–Crippen MR) is 53.6 cm³/mol. The van der Waals surface area contributed by atoms with Crippen LogP contribution in [0, 0.1) is 11.8 Å². The van der Waals surface area contributed by atoms with Crippen LogP contribution in [0.25, 0.3) is 0 Å². The Morgan fingerprint density at radius 2 is 2.33 bits per heavy atom. The molecule has 3 atom stereocenters. The molecule has 0 radical (unpaired) electrons. The minimum atomic E-state index is -0.884. The number of hydrogen-bond donors (Lipinski definition) is 2. The highest BCUT2D eigenvalue weighted by atomic mass is 16.4. The van der Waals surface area contributed by atoms with E-state index < -0.39 is 5.97 Å². The smallest absolute Gasteiger partial charge is 0.339 e. The molecule has 3 rings (SSSR count). The number of nitrogens with one attached hydrogen (secondary N) is 1. The number of hydrogen-bond acceptors (Lipinski definition) is 2. The molecule has 4 nitrogen and oxygen atoms in total. The summed E-state index contributed by atoms with van der Waals surface area (Å²) in [4.78, 5) is 11.0. The van der Waals surface area contributed by atoms with E-state index in [1.54, 1.807) is 0 Å². The number of carboxylic acid groups (broad SMARTS) is 1. The van der Waals surface area contributed by atoms with Gasteiger partial charge >= 0.3 is 5.97 Å². The molecule has 2 bridgehead atoms. The lowest BCUT2D eigenvalue weighted by Gasteiger charge is -2.16. The fourth-order valence-electron chi connectivity index (χ4n) is 2.86. The topological polar surface area (TPSA) is 66.0 Å². The summed E-state index contributed by atoms with van der Waals surface area (Å²) in [7, 11) is 0. The predicted octanol–water partition coefficient (Wildman–Crippen LogP) is 1.79. The Labute approximate surface area is 87.0 Å². The van der Waals surface area contributed by atoms with Crippen LogP contribution in [0.4, 0.5) is 0 Å². The summed E-state index contributed by atoms with van der Waals surface area (Å²) in [5, 5.41) is 15.7. The zero-order valence-corrected chi connectivity index (χ0v) is 8.18. The third-order valence-corrected chi connectivity index (χ3v) is 3.55. The van der Waals surface area contributed by atoms with E-state index in [-0.39, 0.29) is 0 Å². The molecule has 78 valence electrons. The van der Waals surface area contributed by atoms with E-state index in [4.69, 9.17) is 5.11 Å². The summed E-state index contributed by atoms with van der Waals surface area (Å²) in [6, 6.07) is 0. The third-order valence-electron chi connectivity index (χ3n) is 3.55. The van der Waals surface area contributed by atoms with Crippen LogP contribution in [0.1, 0.15) is 34.8 Å². The van der Waals surface area contributed by atoms with Crippen LogP contribution in [0.5, 0.6) is 0 Å². The Hall–Kier alpha value is -1.58. The van der Waals surface area contributed by atoms with Crippen LogP contribution < -0.4 is 0 Å². The first-order chi connectivity index (χ1) is 7.25. The highest BCUT2D eigenvalue weighted by molar-refractivity contribution is 5.88. The van der Waals surface area contributed by atoms with Gasteiger partial charge < -0.3 is 5.11 Å². The number of H-pyrrole nitrogens is 1. The average molecular weight is 204 g/mol. The molecule has 15 heavy (non-hydrogen) atoms. The van der Waals surface area contributed by atoms with E-state index >= 15 is 0 Å². The minimum Gasteiger partial charge on any atom is -0.478 e. The van der Waals surface area contributed by atoms with E-state index in [1.807, 2.05) is 0 Å². The Bertz CT molecular complexity index is 436. The Morgan fingerprint density at radius 3 is 2.93 bits per heavy atom. The molecule has 0 aromatic carbocycles. The molecule has 0 aliphatic heterocycles. The van der Waals surface area contributed by atoms with Gasteiger partial charge in [0.2, 0.25) is 0 Å². The molecule has 3 unspecified atom stereocenters. The van der Waals surface area contributed by atoms with E-state index in [0.29, 0.717) is 23.3 Å². The summed E-state index contributed by atoms with van der Waals surface area (Å²) in [5.74, 6) is 0.595. The number of aromatic carboxylic acids is 1. The Kier molecular flexibility index (Phi) is 1.71. The number of allylic oxidation sites excluding steroid dienone is 2. The maximum atomic E-state index is 11.0. The molecule has 2 aliphatic rings. The van der Waals surface area contributed by atoms with Gasteiger partial charge in [-0.1, -0.05) is 12.2 Å². The Balaban J connectivity index is 1.97. The van der Waals surface area contributed by atoms with Gasteiger partial charge in [0, 0.05) is 5.92 Å². The highest BCUT2D eigenvalue weighted by Crippen LogP contribution is 2.48. The van der Waals surface area contributed by atoms with Gasteiger partial charge in [0.25, 0.3) is 0 Å². The molecule has 1 heterocycles. The van der Waals surface area contributed by atoms with Crippen molar-refractivity contribution in [3.63, 3.8) is 0 Å². The third kappa shape index (κ3) is 1.21. The lowest BCUT2D eigenvalue weighted by atomic mass is 9.89. The molecule has 0 amide bonds. The van der Waals surface area contributed by atoms with Crippen LogP contribution in [0.15, 0.2) is 18.3 Å². The van der Waals surface area contributed by atoms with Gasteiger partial charge in [-0.3, -0.25) is 5.10 Å². The number of aromatic amines is 1. The number of fused-ring (bicyclic) bond motifs is 2. The molecular weight excluding hydrogens is 192 g/mol. The lowest BCUT2D eigenvalue weighted by Crippen LogP contribution is -2.10. The molecule has 1 fully saturated rings. The maximum Gasteiger partial charge on any atom is 0.339 e.